The van der Waals surface area contributed by atoms with E-state index >= 15 is 0 Å². The van der Waals surface area contributed by atoms with E-state index in [1.807, 2.05) is 74.4 Å². The summed E-state index contributed by atoms with van der Waals surface area (Å²) in [6.45, 7) is 31.5. The highest BCUT2D eigenvalue weighted by atomic mass is 16.2. The minimum atomic E-state index is -0.190. The molecule has 0 atom stereocenters. The van der Waals surface area contributed by atoms with Crippen LogP contribution in [-0.4, -0.2) is 171 Å². The lowest BCUT2D eigenvalue weighted by molar-refractivity contribution is -0.117. The molecule has 0 aromatic carbocycles. The fourth-order valence-corrected chi connectivity index (χ4v) is 6.15. The minimum Gasteiger partial charge on any atom is -0.343 e. The maximum Gasteiger partial charge on any atom is 0.296 e. The molecule has 0 radical (unpaired) electrons. The van der Waals surface area contributed by atoms with Crippen molar-refractivity contribution in [2.45, 2.75) is 150 Å². The van der Waals surface area contributed by atoms with E-state index in [1.165, 1.54) is 45.2 Å². The van der Waals surface area contributed by atoms with Gasteiger partial charge in [-0.05, 0) is 166 Å². The standard InChI is InChI=1S/C13H23N3O.2C13H22N2O.C10H18N2O/c1-12(2)14-13(17)6-4-5-7-16-10-8-15(3)9-11-16;1-11(2)14-12(16)7-8-13(3,4)15-9-5-6-10-15;1-12(2)14-13(16)8-4-7-11-15-9-5-3-6-10-15;1-9(2)11-10(13)7-5-6-8-12(3)4/h12H,5,7-11H2,1-3H3,(H,14,17);11H,5-6,9-10H2,1-4H3,(H,14,16);12H,3,5-7,9-11H2,1-2H3,(H,14,16);9H,6,8H2,1-4H3,(H,11,13). The van der Waals surface area contributed by atoms with Crippen LogP contribution in [0.25, 0.3) is 0 Å². The molecule has 0 aliphatic carbocycles. The number of amides is 4. The second kappa shape index (κ2) is 34.4. The van der Waals surface area contributed by atoms with Gasteiger partial charge in [-0.2, -0.15) is 0 Å². The Balaban J connectivity index is 0.000000804. The lowest BCUT2D eigenvalue weighted by Gasteiger charge is -2.31. The van der Waals surface area contributed by atoms with Crippen LogP contribution in [0.2, 0.25) is 0 Å². The molecule has 0 saturated carbocycles. The molecule has 62 heavy (non-hydrogen) atoms. The van der Waals surface area contributed by atoms with E-state index in [0.717, 1.165) is 78.2 Å². The van der Waals surface area contributed by atoms with Crippen LogP contribution in [0.3, 0.4) is 0 Å². The summed E-state index contributed by atoms with van der Waals surface area (Å²) in [6.07, 6.45) is 8.76. The van der Waals surface area contributed by atoms with Crippen molar-refractivity contribution in [2.75, 3.05) is 93.1 Å². The van der Waals surface area contributed by atoms with Crippen molar-refractivity contribution in [3.8, 4) is 47.4 Å². The molecule has 3 heterocycles. The van der Waals surface area contributed by atoms with Crippen molar-refractivity contribution in [1.82, 2.24) is 45.8 Å². The monoisotopic (exact) mass is 864 g/mol. The van der Waals surface area contributed by atoms with E-state index < -0.39 is 0 Å². The van der Waals surface area contributed by atoms with E-state index in [1.54, 1.807) is 0 Å². The van der Waals surface area contributed by atoms with Gasteiger partial charge >= 0.3 is 0 Å². The van der Waals surface area contributed by atoms with Crippen LogP contribution in [0.5, 0.6) is 0 Å². The van der Waals surface area contributed by atoms with Crippen LogP contribution in [0.4, 0.5) is 0 Å². The average Bonchev–Trinajstić information content (AvgIpc) is 3.74. The van der Waals surface area contributed by atoms with Gasteiger partial charge in [0.15, 0.2) is 0 Å². The molecule has 4 N–H and O–H groups in total. The molecule has 3 saturated heterocycles. The number of likely N-dealkylation sites (tertiary alicyclic amines) is 2. The number of rotatable bonds is 11. The van der Waals surface area contributed by atoms with E-state index in [-0.39, 0.29) is 53.3 Å². The normalized spacial score (nSPS) is 15.6. The lowest BCUT2D eigenvalue weighted by atomic mass is 10.0. The molecule has 13 nitrogen and oxygen atoms in total. The topological polar surface area (TPSA) is 133 Å². The van der Waals surface area contributed by atoms with Gasteiger partial charge in [-0.15, -0.1) is 0 Å². The first kappa shape index (κ1) is 57.9. The Hall–Kier alpha value is -4.08. The smallest absolute Gasteiger partial charge is 0.296 e. The summed E-state index contributed by atoms with van der Waals surface area (Å²) in [5, 5.41) is 11.0. The summed E-state index contributed by atoms with van der Waals surface area (Å²) in [6, 6.07) is 0.644. The number of piperidine rings is 1. The molecule has 13 heteroatoms. The second-order valence-corrected chi connectivity index (χ2v) is 18.0. The fourth-order valence-electron chi connectivity index (χ4n) is 6.15. The minimum absolute atomic E-state index is 0.150. The number of nitrogens with zero attached hydrogens (tertiary/aromatic N) is 5. The molecule has 350 valence electrons. The molecule has 0 aromatic rings. The fraction of sp³-hybridized carbons (Fsp3) is 0.755. The van der Waals surface area contributed by atoms with Gasteiger partial charge in [0.1, 0.15) is 0 Å². The molecule has 3 rings (SSSR count). The number of hydrogen-bond acceptors (Lipinski definition) is 9. The largest absolute Gasteiger partial charge is 0.343 e. The predicted octanol–water partition coefficient (Wildman–Crippen LogP) is 3.40. The van der Waals surface area contributed by atoms with Crippen molar-refractivity contribution in [2.24, 2.45) is 0 Å². The van der Waals surface area contributed by atoms with Crippen LogP contribution < -0.4 is 21.3 Å². The summed E-state index contributed by atoms with van der Waals surface area (Å²) in [7, 11) is 6.11. The van der Waals surface area contributed by atoms with Gasteiger partial charge in [0, 0.05) is 89.2 Å². The van der Waals surface area contributed by atoms with Crippen molar-refractivity contribution in [1.29, 1.82) is 0 Å². The van der Waals surface area contributed by atoms with Gasteiger partial charge in [0.05, 0.1) is 5.54 Å². The molecule has 0 spiro atoms. The number of likely N-dealkylation sites (N-methyl/N-ethyl adjacent to an activating group) is 1. The summed E-state index contributed by atoms with van der Waals surface area (Å²) in [4.78, 5) is 56.4. The third-order valence-corrected chi connectivity index (χ3v) is 9.50. The molecule has 0 aromatic heterocycles. The summed E-state index contributed by atoms with van der Waals surface area (Å²) in [5.74, 6) is 21.5. The number of piperazine rings is 1. The lowest BCUT2D eigenvalue weighted by Crippen LogP contribution is -2.44. The predicted molar refractivity (Wildman–Crippen MR) is 256 cm³/mol. The Morgan fingerprint density at radius 1 is 0.516 bits per heavy atom. The van der Waals surface area contributed by atoms with Gasteiger partial charge < -0.3 is 36.0 Å². The third kappa shape index (κ3) is 34.5. The molecule has 0 bridgehead atoms. The maximum atomic E-state index is 11.4. The quantitative estimate of drug-likeness (QED) is 0.231. The van der Waals surface area contributed by atoms with E-state index in [9.17, 15) is 19.2 Å². The maximum absolute atomic E-state index is 11.4. The highest BCUT2D eigenvalue weighted by Gasteiger charge is 2.27. The first-order chi connectivity index (χ1) is 29.2. The molecular formula is C49H85N9O4. The van der Waals surface area contributed by atoms with Gasteiger partial charge in [-0.3, -0.25) is 29.0 Å². The summed E-state index contributed by atoms with van der Waals surface area (Å²) >= 11 is 0. The number of nitrogens with one attached hydrogen (secondary N) is 4. The molecular weight excluding hydrogens is 779 g/mol. The average molecular weight is 864 g/mol. The van der Waals surface area contributed by atoms with Gasteiger partial charge in [0.25, 0.3) is 23.6 Å². The second-order valence-electron chi connectivity index (χ2n) is 18.0. The molecule has 3 aliphatic heterocycles. The van der Waals surface area contributed by atoms with E-state index in [2.05, 4.69) is 109 Å². The van der Waals surface area contributed by atoms with Crippen LogP contribution in [-0.2, 0) is 19.2 Å². The van der Waals surface area contributed by atoms with E-state index in [0.29, 0.717) is 0 Å². The first-order valence-electron chi connectivity index (χ1n) is 22.9. The van der Waals surface area contributed by atoms with Crippen molar-refractivity contribution in [3.63, 3.8) is 0 Å². The zero-order valence-corrected chi connectivity index (χ0v) is 41.1. The molecule has 3 fully saturated rings. The van der Waals surface area contributed by atoms with Gasteiger partial charge in [-0.25, -0.2) is 0 Å². The van der Waals surface area contributed by atoms with Crippen LogP contribution in [0, 0.1) is 47.4 Å². The zero-order chi connectivity index (χ0) is 46.9. The van der Waals surface area contributed by atoms with E-state index in [4.69, 9.17) is 0 Å². The van der Waals surface area contributed by atoms with Crippen LogP contribution in [0.1, 0.15) is 121 Å². The highest BCUT2D eigenvalue weighted by Crippen LogP contribution is 2.19. The zero-order valence-electron chi connectivity index (χ0n) is 41.1. The van der Waals surface area contributed by atoms with Crippen molar-refractivity contribution < 1.29 is 19.2 Å². The Morgan fingerprint density at radius 2 is 0.871 bits per heavy atom. The number of hydrogen-bond donors (Lipinski definition) is 4. The summed E-state index contributed by atoms with van der Waals surface area (Å²) in [5.41, 5.74) is -0.190. The molecule has 3 aliphatic rings. The van der Waals surface area contributed by atoms with Gasteiger partial charge in [-0.1, -0.05) is 30.1 Å². The molecule has 4 amide bonds. The Kier molecular flexibility index (Phi) is 32.1. The van der Waals surface area contributed by atoms with Gasteiger partial charge in [0.2, 0.25) is 0 Å². The molecule has 0 unspecified atom stereocenters. The summed E-state index contributed by atoms with van der Waals surface area (Å²) < 4.78 is 0. The van der Waals surface area contributed by atoms with Crippen molar-refractivity contribution >= 4 is 23.6 Å². The Morgan fingerprint density at radius 3 is 1.26 bits per heavy atom. The number of carbonyl (C=O) groups excluding carboxylic acids is 4. The van der Waals surface area contributed by atoms with Crippen LogP contribution in [0.15, 0.2) is 0 Å². The number of carbonyl (C=O) groups is 4. The third-order valence-electron chi connectivity index (χ3n) is 9.50. The highest BCUT2D eigenvalue weighted by molar-refractivity contribution is 5.94. The van der Waals surface area contributed by atoms with Crippen molar-refractivity contribution in [3.05, 3.63) is 0 Å². The van der Waals surface area contributed by atoms with Crippen LogP contribution >= 0.6 is 0 Å². The Bertz CT molecular complexity index is 1540. The first-order valence-corrected chi connectivity index (χ1v) is 22.9. The SMILES string of the molecule is CC(C)NC(=O)C#CC(C)(C)N1CCCC1.CC(C)NC(=O)C#CCCN(C)C.CC(C)NC(=O)C#CCCN1CCCCC1.CC(C)NC(=O)C#CCCN1CCN(C)CC1. The Labute approximate surface area is 378 Å².